The van der Waals surface area contributed by atoms with Crippen LogP contribution in [0.4, 0.5) is 17.1 Å². The van der Waals surface area contributed by atoms with Crippen molar-refractivity contribution >= 4 is 34.6 Å². The number of benzene rings is 2. The molecule has 0 aliphatic carbocycles. The summed E-state index contributed by atoms with van der Waals surface area (Å²) in [7, 11) is 3.93. The number of para-hydroxylation sites is 2. The van der Waals surface area contributed by atoms with Gasteiger partial charge >= 0.3 is 0 Å². The molecule has 2 rings (SSSR count). The minimum Gasteiger partial charge on any atom is -0.376 e. The molecule has 0 radical (unpaired) electrons. The van der Waals surface area contributed by atoms with Gasteiger partial charge in [0, 0.05) is 24.8 Å². The van der Waals surface area contributed by atoms with E-state index in [2.05, 4.69) is 10.6 Å². The number of carbonyl (C=O) groups is 1. The lowest BCUT2D eigenvalue weighted by Crippen LogP contribution is -2.22. The zero-order valence-electron chi connectivity index (χ0n) is 12.1. The van der Waals surface area contributed by atoms with Crippen LogP contribution in [0.1, 0.15) is 0 Å². The number of nitrogens with zero attached hydrogens (tertiary/aromatic N) is 1. The summed E-state index contributed by atoms with van der Waals surface area (Å²) < 4.78 is 0. The van der Waals surface area contributed by atoms with Gasteiger partial charge in [0.25, 0.3) is 0 Å². The average Bonchev–Trinajstić information content (AvgIpc) is 2.45. The van der Waals surface area contributed by atoms with Gasteiger partial charge in [0.2, 0.25) is 5.91 Å². The quantitative estimate of drug-likeness (QED) is 0.889. The van der Waals surface area contributed by atoms with E-state index < -0.39 is 0 Å². The minimum atomic E-state index is -0.120. The number of rotatable bonds is 5. The van der Waals surface area contributed by atoms with Crippen molar-refractivity contribution in [3.63, 3.8) is 0 Å². The molecule has 0 atom stereocenters. The Bertz CT molecular complexity index is 628. The van der Waals surface area contributed by atoms with Gasteiger partial charge in [0.15, 0.2) is 0 Å². The summed E-state index contributed by atoms with van der Waals surface area (Å²) >= 11 is 5.88. The zero-order chi connectivity index (χ0) is 15.2. The predicted molar refractivity (Wildman–Crippen MR) is 89.3 cm³/mol. The first kappa shape index (κ1) is 15.2. The van der Waals surface area contributed by atoms with Crippen molar-refractivity contribution in [3.05, 3.63) is 53.6 Å². The molecule has 0 saturated heterocycles. The molecule has 2 aromatic rings. The molecule has 2 N–H and O–H groups in total. The topological polar surface area (TPSA) is 44.4 Å². The van der Waals surface area contributed by atoms with Gasteiger partial charge < -0.3 is 15.5 Å². The molecule has 110 valence electrons. The highest BCUT2D eigenvalue weighted by Crippen LogP contribution is 2.23. The van der Waals surface area contributed by atoms with Crippen LogP contribution in [0.2, 0.25) is 5.02 Å². The number of amides is 1. The second-order valence-corrected chi connectivity index (χ2v) is 5.26. The lowest BCUT2D eigenvalue weighted by Gasteiger charge is -2.18. The van der Waals surface area contributed by atoms with E-state index in [0.717, 1.165) is 11.4 Å². The van der Waals surface area contributed by atoms with E-state index >= 15 is 0 Å². The van der Waals surface area contributed by atoms with Crippen LogP contribution in [-0.4, -0.2) is 26.5 Å². The van der Waals surface area contributed by atoms with Gasteiger partial charge in [-0.1, -0.05) is 29.8 Å². The second kappa shape index (κ2) is 6.99. The molecule has 0 heterocycles. The van der Waals surface area contributed by atoms with Crippen molar-refractivity contribution in [2.24, 2.45) is 0 Å². The number of halogens is 1. The van der Waals surface area contributed by atoms with Gasteiger partial charge in [0.05, 0.1) is 17.9 Å². The summed E-state index contributed by atoms with van der Waals surface area (Å²) in [6.45, 7) is 0.192. The minimum absolute atomic E-state index is 0.120. The van der Waals surface area contributed by atoms with E-state index in [1.807, 2.05) is 43.3 Å². The van der Waals surface area contributed by atoms with E-state index in [1.54, 1.807) is 24.3 Å². The van der Waals surface area contributed by atoms with Gasteiger partial charge in [0.1, 0.15) is 0 Å². The Balaban J connectivity index is 1.95. The van der Waals surface area contributed by atoms with Crippen molar-refractivity contribution in [1.82, 2.24) is 0 Å². The van der Waals surface area contributed by atoms with E-state index in [-0.39, 0.29) is 12.5 Å². The van der Waals surface area contributed by atoms with Gasteiger partial charge in [-0.3, -0.25) is 4.79 Å². The molecule has 0 saturated carbocycles. The third kappa shape index (κ3) is 4.39. The lowest BCUT2D eigenvalue weighted by atomic mass is 10.2. The number of nitrogens with one attached hydrogen (secondary N) is 2. The third-order valence-electron chi connectivity index (χ3n) is 2.93. The first-order valence-electron chi connectivity index (χ1n) is 6.62. The third-order valence-corrected chi connectivity index (χ3v) is 3.17. The summed E-state index contributed by atoms with van der Waals surface area (Å²) in [6.07, 6.45) is 0. The highest BCUT2D eigenvalue weighted by atomic mass is 35.5. The largest absolute Gasteiger partial charge is 0.376 e. The summed E-state index contributed by atoms with van der Waals surface area (Å²) in [4.78, 5) is 13.9. The summed E-state index contributed by atoms with van der Waals surface area (Å²) in [6, 6.07) is 14.9. The van der Waals surface area contributed by atoms with Crippen molar-refractivity contribution in [3.8, 4) is 0 Å². The standard InChI is InChI=1S/C16H18ClN3O/c1-20(2)15-9-4-3-8-14(15)18-11-16(21)19-13-7-5-6-12(17)10-13/h3-10,18H,11H2,1-2H3,(H,19,21). The normalized spacial score (nSPS) is 10.0. The van der Waals surface area contributed by atoms with E-state index in [4.69, 9.17) is 11.6 Å². The van der Waals surface area contributed by atoms with E-state index in [0.29, 0.717) is 10.7 Å². The molecule has 21 heavy (non-hydrogen) atoms. The van der Waals surface area contributed by atoms with E-state index in [1.165, 1.54) is 0 Å². The Morgan fingerprint density at radius 2 is 1.90 bits per heavy atom. The molecule has 2 aromatic carbocycles. The van der Waals surface area contributed by atoms with Gasteiger partial charge in [-0.25, -0.2) is 0 Å². The fourth-order valence-electron chi connectivity index (χ4n) is 1.96. The van der Waals surface area contributed by atoms with Crippen molar-refractivity contribution in [2.75, 3.05) is 36.2 Å². The fourth-order valence-corrected chi connectivity index (χ4v) is 2.15. The molecule has 0 unspecified atom stereocenters. The van der Waals surface area contributed by atoms with Crippen LogP contribution < -0.4 is 15.5 Å². The lowest BCUT2D eigenvalue weighted by molar-refractivity contribution is -0.114. The average molecular weight is 304 g/mol. The molecule has 0 spiro atoms. The number of hydrogen-bond donors (Lipinski definition) is 2. The monoisotopic (exact) mass is 303 g/mol. The SMILES string of the molecule is CN(C)c1ccccc1NCC(=O)Nc1cccc(Cl)c1. The van der Waals surface area contributed by atoms with Crippen molar-refractivity contribution in [2.45, 2.75) is 0 Å². The van der Waals surface area contributed by atoms with Crippen LogP contribution in [-0.2, 0) is 4.79 Å². The summed E-state index contributed by atoms with van der Waals surface area (Å²) in [5.74, 6) is -0.120. The first-order chi connectivity index (χ1) is 10.1. The van der Waals surface area contributed by atoms with Crippen molar-refractivity contribution in [1.29, 1.82) is 0 Å². The Labute approximate surface area is 129 Å². The Kier molecular flexibility index (Phi) is 5.06. The van der Waals surface area contributed by atoms with Gasteiger partial charge in [-0.05, 0) is 30.3 Å². The maximum Gasteiger partial charge on any atom is 0.243 e. The van der Waals surface area contributed by atoms with Crippen LogP contribution in [0, 0.1) is 0 Å². The van der Waals surface area contributed by atoms with Crippen LogP contribution in [0.5, 0.6) is 0 Å². The van der Waals surface area contributed by atoms with Crippen LogP contribution >= 0.6 is 11.6 Å². The summed E-state index contributed by atoms with van der Waals surface area (Å²) in [5, 5.41) is 6.54. The highest BCUT2D eigenvalue weighted by molar-refractivity contribution is 6.30. The molecule has 0 aliphatic heterocycles. The Morgan fingerprint density at radius 3 is 2.62 bits per heavy atom. The summed E-state index contributed by atoms with van der Waals surface area (Å²) in [5.41, 5.74) is 2.65. The van der Waals surface area contributed by atoms with Crippen LogP contribution in [0.15, 0.2) is 48.5 Å². The van der Waals surface area contributed by atoms with Crippen molar-refractivity contribution < 1.29 is 4.79 Å². The molecule has 0 fully saturated rings. The van der Waals surface area contributed by atoms with Crippen LogP contribution in [0.25, 0.3) is 0 Å². The predicted octanol–water partition coefficient (Wildman–Crippen LogP) is 3.46. The molecule has 1 amide bonds. The molecule has 4 nitrogen and oxygen atoms in total. The second-order valence-electron chi connectivity index (χ2n) is 4.82. The van der Waals surface area contributed by atoms with E-state index in [9.17, 15) is 4.79 Å². The highest BCUT2D eigenvalue weighted by Gasteiger charge is 2.06. The van der Waals surface area contributed by atoms with Gasteiger partial charge in [-0.2, -0.15) is 0 Å². The smallest absolute Gasteiger partial charge is 0.243 e. The number of anilines is 3. The molecular formula is C16H18ClN3O. The molecule has 0 aromatic heterocycles. The van der Waals surface area contributed by atoms with Gasteiger partial charge in [-0.15, -0.1) is 0 Å². The number of carbonyl (C=O) groups excluding carboxylic acids is 1. The Morgan fingerprint density at radius 1 is 1.14 bits per heavy atom. The molecular weight excluding hydrogens is 286 g/mol. The molecule has 5 heteroatoms. The van der Waals surface area contributed by atoms with Crippen LogP contribution in [0.3, 0.4) is 0 Å². The maximum atomic E-state index is 11.9. The Hall–Kier alpha value is -2.20. The molecule has 0 bridgehead atoms. The maximum absolute atomic E-state index is 11.9. The first-order valence-corrected chi connectivity index (χ1v) is 6.99. The molecule has 0 aliphatic rings. The fraction of sp³-hybridized carbons (Fsp3) is 0.188. The number of hydrogen-bond acceptors (Lipinski definition) is 3. The zero-order valence-corrected chi connectivity index (χ0v) is 12.8.